The molecule has 0 radical (unpaired) electrons. The maximum Gasteiger partial charge on any atom is 0.128 e. The second-order valence-electron chi connectivity index (χ2n) is 10.3. The summed E-state index contributed by atoms with van der Waals surface area (Å²) in [5.41, 5.74) is 6.81. The first-order valence-corrected chi connectivity index (χ1v) is 13.2. The van der Waals surface area contributed by atoms with E-state index >= 15 is 0 Å². The molecule has 36 heavy (non-hydrogen) atoms. The minimum atomic E-state index is 0.582. The largest absolute Gasteiger partial charge is 0.381 e. The molecule has 2 unspecified atom stereocenters. The van der Waals surface area contributed by atoms with Gasteiger partial charge in [0.1, 0.15) is 5.82 Å². The number of rotatable bonds is 8. The topological polar surface area (TPSA) is 40.4 Å². The van der Waals surface area contributed by atoms with Crippen LogP contribution in [0.4, 0.5) is 5.82 Å². The molecule has 0 N–H and O–H groups in total. The van der Waals surface area contributed by atoms with Crippen LogP contribution in [0.2, 0.25) is 0 Å². The molecule has 0 aliphatic carbocycles. The molecule has 6 nitrogen and oxygen atoms in total. The maximum atomic E-state index is 4.95. The van der Waals surface area contributed by atoms with Crippen LogP contribution in [0.3, 0.4) is 0 Å². The number of allylic oxidation sites excluding steroid dienone is 5. The molecule has 0 saturated carbocycles. The van der Waals surface area contributed by atoms with Gasteiger partial charge >= 0.3 is 0 Å². The Hall–Kier alpha value is -3.12. The standard InChI is InChI=1S/C30H42N6/c1-8-11-27(23(5)33(6)7)30-22(4)19-36(32-30)26-12-13-29(31-18-26)35-17-14-25-21-34(16-15-28(25)35)20-24(9-2)10-3/h8-13,18-19,25,28H,2,14-17,20-21H2,1,3-7H3/b11-8-,24-10+,27-23+. The van der Waals surface area contributed by atoms with Crippen molar-refractivity contribution >= 4 is 11.4 Å². The molecule has 4 rings (SSSR count). The molecular weight excluding hydrogens is 444 g/mol. The number of pyridine rings is 1. The van der Waals surface area contributed by atoms with Crippen LogP contribution in [0, 0.1) is 12.8 Å². The fourth-order valence-corrected chi connectivity index (χ4v) is 5.54. The third-order valence-electron chi connectivity index (χ3n) is 7.80. The minimum Gasteiger partial charge on any atom is -0.381 e. The van der Waals surface area contributed by atoms with Gasteiger partial charge in [0, 0.05) is 63.8 Å². The highest BCUT2D eigenvalue weighted by Gasteiger charge is 2.38. The number of piperidine rings is 1. The molecular formula is C30H42N6. The van der Waals surface area contributed by atoms with E-state index < -0.39 is 0 Å². The predicted octanol–water partition coefficient (Wildman–Crippen LogP) is 5.48. The Balaban J connectivity index is 1.49. The number of hydrogen-bond donors (Lipinski definition) is 0. The summed E-state index contributed by atoms with van der Waals surface area (Å²) < 4.78 is 1.96. The van der Waals surface area contributed by atoms with Gasteiger partial charge in [0.25, 0.3) is 0 Å². The van der Waals surface area contributed by atoms with Crippen molar-refractivity contribution in [2.45, 2.75) is 46.6 Å². The number of likely N-dealkylation sites (tertiary alicyclic amines) is 1. The molecule has 6 heteroatoms. The molecule has 2 atom stereocenters. The van der Waals surface area contributed by atoms with Crippen LogP contribution in [0.1, 0.15) is 44.9 Å². The van der Waals surface area contributed by atoms with E-state index in [0.717, 1.165) is 54.5 Å². The third-order valence-corrected chi connectivity index (χ3v) is 7.80. The molecule has 0 amide bonds. The second-order valence-corrected chi connectivity index (χ2v) is 10.3. The summed E-state index contributed by atoms with van der Waals surface area (Å²) >= 11 is 0. The maximum absolute atomic E-state index is 4.95. The molecule has 2 aliphatic heterocycles. The highest BCUT2D eigenvalue weighted by atomic mass is 15.3. The van der Waals surface area contributed by atoms with Crippen molar-refractivity contribution in [1.82, 2.24) is 24.6 Å². The Bertz CT molecular complexity index is 1150. The fraction of sp³-hybridized carbons (Fsp3) is 0.467. The quantitative estimate of drug-likeness (QED) is 0.462. The highest BCUT2D eigenvalue weighted by molar-refractivity contribution is 5.75. The Labute approximate surface area is 217 Å². The van der Waals surface area contributed by atoms with Crippen LogP contribution in [-0.2, 0) is 0 Å². The zero-order chi connectivity index (χ0) is 25.8. The van der Waals surface area contributed by atoms with Gasteiger partial charge < -0.3 is 9.80 Å². The van der Waals surface area contributed by atoms with E-state index in [4.69, 9.17) is 10.1 Å². The molecule has 2 aromatic rings. The first kappa shape index (κ1) is 26.0. The lowest BCUT2D eigenvalue weighted by atomic mass is 9.92. The summed E-state index contributed by atoms with van der Waals surface area (Å²) in [6, 6.07) is 4.91. The third kappa shape index (κ3) is 5.34. The number of fused-ring (bicyclic) bond motifs is 1. The summed E-state index contributed by atoms with van der Waals surface area (Å²) in [6.45, 7) is 16.8. The van der Waals surface area contributed by atoms with Gasteiger partial charge in [-0.15, -0.1) is 0 Å². The Morgan fingerprint density at radius 1 is 1.19 bits per heavy atom. The number of aromatic nitrogens is 3. The van der Waals surface area contributed by atoms with Gasteiger partial charge in [0.2, 0.25) is 0 Å². The number of anilines is 1. The predicted molar refractivity (Wildman–Crippen MR) is 151 cm³/mol. The summed E-state index contributed by atoms with van der Waals surface area (Å²) in [6.07, 6.45) is 14.9. The van der Waals surface area contributed by atoms with Crippen molar-refractivity contribution in [3.63, 3.8) is 0 Å². The van der Waals surface area contributed by atoms with Crippen molar-refractivity contribution < 1.29 is 0 Å². The summed E-state index contributed by atoms with van der Waals surface area (Å²) in [4.78, 5) is 12.2. The van der Waals surface area contributed by atoms with Gasteiger partial charge in [-0.1, -0.05) is 30.9 Å². The van der Waals surface area contributed by atoms with E-state index in [1.807, 2.05) is 23.9 Å². The Kier molecular flexibility index (Phi) is 8.14. The van der Waals surface area contributed by atoms with Crippen molar-refractivity contribution in [2.75, 3.05) is 45.2 Å². The van der Waals surface area contributed by atoms with E-state index in [-0.39, 0.29) is 0 Å². The van der Waals surface area contributed by atoms with Crippen LogP contribution in [-0.4, -0.2) is 70.9 Å². The molecule has 0 bridgehead atoms. The van der Waals surface area contributed by atoms with E-state index in [1.165, 1.54) is 24.1 Å². The molecule has 192 valence electrons. The SMILES string of the molecule is C=C/C(=C\C)CN1CCC2C(CCN2c2ccc(-n3cc(C)c(C(/C=C\C)=C(\C)N(C)C)n3)cn2)C1. The lowest BCUT2D eigenvalue weighted by Crippen LogP contribution is -2.46. The lowest BCUT2D eigenvalue weighted by molar-refractivity contribution is 0.182. The number of hydrogen-bond acceptors (Lipinski definition) is 5. The van der Waals surface area contributed by atoms with E-state index in [0.29, 0.717) is 12.0 Å². The van der Waals surface area contributed by atoms with Gasteiger partial charge in [-0.05, 0) is 69.7 Å². The van der Waals surface area contributed by atoms with Crippen molar-refractivity contribution in [3.05, 3.63) is 77.9 Å². The van der Waals surface area contributed by atoms with E-state index in [9.17, 15) is 0 Å². The normalized spacial score (nSPS) is 21.6. The molecule has 4 heterocycles. The molecule has 2 aliphatic rings. The van der Waals surface area contributed by atoms with E-state index in [1.54, 1.807) is 0 Å². The monoisotopic (exact) mass is 486 g/mol. The van der Waals surface area contributed by atoms with Gasteiger partial charge in [0.15, 0.2) is 0 Å². The molecule has 0 aromatic carbocycles. The van der Waals surface area contributed by atoms with Gasteiger partial charge in [-0.2, -0.15) is 5.10 Å². The van der Waals surface area contributed by atoms with Crippen LogP contribution in [0.5, 0.6) is 0 Å². The van der Waals surface area contributed by atoms with Crippen LogP contribution < -0.4 is 4.90 Å². The Morgan fingerprint density at radius 2 is 2.00 bits per heavy atom. The molecule has 2 fully saturated rings. The summed E-state index contributed by atoms with van der Waals surface area (Å²) in [7, 11) is 4.14. The average Bonchev–Trinajstić information content (AvgIpc) is 3.48. The van der Waals surface area contributed by atoms with Crippen LogP contribution >= 0.6 is 0 Å². The second kappa shape index (κ2) is 11.3. The Morgan fingerprint density at radius 3 is 2.64 bits per heavy atom. The zero-order valence-electron chi connectivity index (χ0n) is 22.9. The first-order valence-electron chi connectivity index (χ1n) is 13.2. The van der Waals surface area contributed by atoms with Gasteiger partial charge in [0.05, 0.1) is 17.6 Å². The highest BCUT2D eigenvalue weighted by Crippen LogP contribution is 2.35. The number of nitrogens with zero attached hydrogens (tertiary/aromatic N) is 6. The van der Waals surface area contributed by atoms with Crippen LogP contribution in [0.15, 0.2) is 66.7 Å². The van der Waals surface area contributed by atoms with Crippen LogP contribution in [0.25, 0.3) is 11.3 Å². The molecule has 0 spiro atoms. The fourth-order valence-electron chi connectivity index (χ4n) is 5.54. The van der Waals surface area contributed by atoms with E-state index in [2.05, 4.69) is 92.7 Å². The minimum absolute atomic E-state index is 0.582. The average molecular weight is 487 g/mol. The summed E-state index contributed by atoms with van der Waals surface area (Å²) in [5.74, 6) is 1.79. The first-order chi connectivity index (χ1) is 17.4. The molecule has 2 aromatic heterocycles. The van der Waals surface area contributed by atoms with Crippen molar-refractivity contribution in [1.29, 1.82) is 0 Å². The lowest BCUT2D eigenvalue weighted by Gasteiger charge is -2.38. The van der Waals surface area contributed by atoms with Crippen molar-refractivity contribution in [2.24, 2.45) is 5.92 Å². The van der Waals surface area contributed by atoms with Gasteiger partial charge in [-0.25, -0.2) is 9.67 Å². The summed E-state index contributed by atoms with van der Waals surface area (Å²) in [5, 5.41) is 4.95. The number of aryl methyl sites for hydroxylation is 1. The van der Waals surface area contributed by atoms with Gasteiger partial charge in [-0.3, -0.25) is 4.90 Å². The van der Waals surface area contributed by atoms with Crippen molar-refractivity contribution in [3.8, 4) is 5.69 Å². The molecule has 2 saturated heterocycles. The zero-order valence-corrected chi connectivity index (χ0v) is 22.9. The smallest absolute Gasteiger partial charge is 0.128 e.